The van der Waals surface area contributed by atoms with Gasteiger partial charge in [-0.2, -0.15) is 0 Å². The monoisotopic (exact) mass is 376 g/mol. The number of aryl methyl sites for hydroxylation is 2. The highest BCUT2D eigenvalue weighted by Gasteiger charge is 2.24. The molecule has 140 valence electrons. The van der Waals surface area contributed by atoms with Gasteiger partial charge in [0.15, 0.2) is 0 Å². The molecule has 0 spiro atoms. The van der Waals surface area contributed by atoms with Crippen molar-refractivity contribution in [3.63, 3.8) is 0 Å². The molecule has 2 aromatic heterocycles. The van der Waals surface area contributed by atoms with Gasteiger partial charge in [0.25, 0.3) is 5.91 Å². The number of carbonyl (C=O) groups is 1. The van der Waals surface area contributed by atoms with E-state index in [4.69, 9.17) is 16.3 Å². The summed E-state index contributed by atoms with van der Waals surface area (Å²) in [6.07, 6.45) is 4.11. The summed E-state index contributed by atoms with van der Waals surface area (Å²) in [6.45, 7) is 4.75. The van der Waals surface area contributed by atoms with Crippen molar-refractivity contribution in [1.29, 1.82) is 0 Å². The van der Waals surface area contributed by atoms with Crippen molar-refractivity contribution >= 4 is 17.5 Å². The van der Waals surface area contributed by atoms with Gasteiger partial charge in [0, 0.05) is 24.3 Å². The SMILES string of the molecule is COc1cc(C)n(CC2CCC(NC(=O)c3ccc(Cl)nc3C)CC2)n1. The molecule has 2 aromatic rings. The molecule has 26 heavy (non-hydrogen) atoms. The molecule has 6 nitrogen and oxygen atoms in total. The largest absolute Gasteiger partial charge is 0.480 e. The molecule has 1 N–H and O–H groups in total. The predicted molar refractivity (Wildman–Crippen MR) is 101 cm³/mol. The molecule has 1 fully saturated rings. The number of aromatic nitrogens is 3. The van der Waals surface area contributed by atoms with Gasteiger partial charge in [-0.05, 0) is 57.6 Å². The quantitative estimate of drug-likeness (QED) is 0.810. The van der Waals surface area contributed by atoms with E-state index in [9.17, 15) is 4.79 Å². The number of nitrogens with one attached hydrogen (secondary N) is 1. The number of halogens is 1. The zero-order valence-electron chi connectivity index (χ0n) is 15.5. The molecular weight excluding hydrogens is 352 g/mol. The standard InChI is InChI=1S/C19H25ClN4O2/c1-12-10-18(26-3)23-24(12)11-14-4-6-15(7-5-14)22-19(25)16-8-9-17(20)21-13(16)2/h8-10,14-15H,4-7,11H2,1-3H3,(H,22,25). The van der Waals surface area contributed by atoms with Gasteiger partial charge in [0.1, 0.15) is 5.15 Å². The molecule has 1 amide bonds. The van der Waals surface area contributed by atoms with Crippen LogP contribution in [0.25, 0.3) is 0 Å². The zero-order chi connectivity index (χ0) is 18.7. The van der Waals surface area contributed by atoms with Crippen LogP contribution in [0.3, 0.4) is 0 Å². The normalized spacial score (nSPS) is 20.0. The lowest BCUT2D eigenvalue weighted by atomic mass is 9.86. The van der Waals surface area contributed by atoms with E-state index in [1.165, 1.54) is 0 Å². The molecule has 0 radical (unpaired) electrons. The molecule has 2 heterocycles. The second kappa shape index (κ2) is 8.08. The Kier molecular flexibility index (Phi) is 5.81. The molecule has 0 saturated heterocycles. The summed E-state index contributed by atoms with van der Waals surface area (Å²) in [4.78, 5) is 16.6. The van der Waals surface area contributed by atoms with Crippen LogP contribution in [0.5, 0.6) is 5.88 Å². The van der Waals surface area contributed by atoms with Gasteiger partial charge in [0.2, 0.25) is 5.88 Å². The van der Waals surface area contributed by atoms with Crippen LogP contribution in [-0.2, 0) is 6.54 Å². The van der Waals surface area contributed by atoms with E-state index in [1.54, 1.807) is 26.2 Å². The average molecular weight is 377 g/mol. The minimum absolute atomic E-state index is 0.0669. The molecular formula is C19H25ClN4O2. The summed E-state index contributed by atoms with van der Waals surface area (Å²) in [5, 5.41) is 8.00. The van der Waals surface area contributed by atoms with Crippen molar-refractivity contribution in [1.82, 2.24) is 20.1 Å². The fourth-order valence-electron chi connectivity index (χ4n) is 3.53. The molecule has 1 aliphatic carbocycles. The van der Waals surface area contributed by atoms with Crippen molar-refractivity contribution < 1.29 is 9.53 Å². The molecule has 0 unspecified atom stereocenters. The molecule has 3 rings (SSSR count). The Morgan fingerprint density at radius 2 is 2.04 bits per heavy atom. The Hall–Kier alpha value is -2.08. The molecule has 0 atom stereocenters. The number of nitrogens with zero attached hydrogens (tertiary/aromatic N) is 3. The Morgan fingerprint density at radius 3 is 2.65 bits per heavy atom. The van der Waals surface area contributed by atoms with E-state index in [0.717, 1.165) is 37.9 Å². The molecule has 0 bridgehead atoms. The minimum atomic E-state index is -0.0669. The lowest BCUT2D eigenvalue weighted by Crippen LogP contribution is -2.38. The maximum atomic E-state index is 12.5. The fourth-order valence-corrected chi connectivity index (χ4v) is 3.72. The lowest BCUT2D eigenvalue weighted by Gasteiger charge is -2.29. The van der Waals surface area contributed by atoms with E-state index in [1.807, 2.05) is 17.7 Å². The highest BCUT2D eigenvalue weighted by atomic mass is 35.5. The summed E-state index contributed by atoms with van der Waals surface area (Å²) in [5.41, 5.74) is 2.37. The number of hydrogen-bond donors (Lipinski definition) is 1. The summed E-state index contributed by atoms with van der Waals surface area (Å²) < 4.78 is 7.21. The Morgan fingerprint density at radius 1 is 1.31 bits per heavy atom. The molecule has 1 aliphatic rings. The van der Waals surface area contributed by atoms with Crippen molar-refractivity contribution in [3.8, 4) is 5.88 Å². The van der Waals surface area contributed by atoms with E-state index in [0.29, 0.717) is 28.2 Å². The van der Waals surface area contributed by atoms with Gasteiger partial charge in [-0.15, -0.1) is 5.10 Å². The number of carbonyl (C=O) groups excluding carboxylic acids is 1. The van der Waals surface area contributed by atoms with Crippen LogP contribution in [0, 0.1) is 19.8 Å². The van der Waals surface area contributed by atoms with E-state index in [2.05, 4.69) is 15.4 Å². The first kappa shape index (κ1) is 18.7. The summed E-state index contributed by atoms with van der Waals surface area (Å²) in [5.74, 6) is 1.17. The third kappa shape index (κ3) is 4.36. The van der Waals surface area contributed by atoms with Crippen molar-refractivity contribution in [2.24, 2.45) is 5.92 Å². The van der Waals surface area contributed by atoms with Gasteiger partial charge >= 0.3 is 0 Å². The summed E-state index contributed by atoms with van der Waals surface area (Å²) in [7, 11) is 1.64. The second-order valence-electron chi connectivity index (χ2n) is 6.97. The maximum absolute atomic E-state index is 12.5. The maximum Gasteiger partial charge on any atom is 0.253 e. The molecule has 0 aromatic carbocycles. The summed E-state index contributed by atoms with van der Waals surface area (Å²) in [6, 6.07) is 5.55. The zero-order valence-corrected chi connectivity index (χ0v) is 16.2. The van der Waals surface area contributed by atoms with Gasteiger partial charge in [0.05, 0.1) is 18.4 Å². The van der Waals surface area contributed by atoms with Crippen LogP contribution in [0.1, 0.15) is 47.4 Å². The van der Waals surface area contributed by atoms with Crippen LogP contribution in [-0.4, -0.2) is 33.8 Å². The molecule has 1 saturated carbocycles. The number of methoxy groups -OCH3 is 1. The topological polar surface area (TPSA) is 69.0 Å². The highest BCUT2D eigenvalue weighted by Crippen LogP contribution is 2.27. The second-order valence-corrected chi connectivity index (χ2v) is 7.36. The van der Waals surface area contributed by atoms with Gasteiger partial charge < -0.3 is 10.1 Å². The first-order chi connectivity index (χ1) is 12.5. The number of pyridine rings is 1. The van der Waals surface area contributed by atoms with Gasteiger partial charge in [-0.3, -0.25) is 9.48 Å². The van der Waals surface area contributed by atoms with Crippen LogP contribution in [0.2, 0.25) is 5.15 Å². The van der Waals surface area contributed by atoms with Crippen LogP contribution in [0.15, 0.2) is 18.2 Å². The fraction of sp³-hybridized carbons (Fsp3) is 0.526. The number of amides is 1. The third-order valence-corrected chi connectivity index (χ3v) is 5.29. The first-order valence-corrected chi connectivity index (χ1v) is 9.36. The van der Waals surface area contributed by atoms with Crippen LogP contribution in [0.4, 0.5) is 0 Å². The minimum Gasteiger partial charge on any atom is -0.480 e. The molecule has 0 aliphatic heterocycles. The number of hydrogen-bond acceptors (Lipinski definition) is 4. The Labute approximate surface area is 158 Å². The van der Waals surface area contributed by atoms with E-state index < -0.39 is 0 Å². The van der Waals surface area contributed by atoms with Crippen molar-refractivity contribution in [2.75, 3.05) is 7.11 Å². The van der Waals surface area contributed by atoms with E-state index in [-0.39, 0.29) is 11.9 Å². The summed E-state index contributed by atoms with van der Waals surface area (Å²) >= 11 is 5.86. The van der Waals surface area contributed by atoms with Crippen LogP contribution >= 0.6 is 11.6 Å². The van der Waals surface area contributed by atoms with Crippen molar-refractivity contribution in [2.45, 2.75) is 52.1 Å². The van der Waals surface area contributed by atoms with Crippen LogP contribution < -0.4 is 10.1 Å². The highest BCUT2D eigenvalue weighted by molar-refractivity contribution is 6.29. The number of ether oxygens (including phenoxy) is 1. The number of rotatable bonds is 5. The van der Waals surface area contributed by atoms with E-state index >= 15 is 0 Å². The lowest BCUT2D eigenvalue weighted by molar-refractivity contribution is 0.0919. The first-order valence-electron chi connectivity index (χ1n) is 8.98. The Bertz CT molecular complexity index is 782. The van der Waals surface area contributed by atoms with Gasteiger partial charge in [-0.1, -0.05) is 11.6 Å². The van der Waals surface area contributed by atoms with Crippen molar-refractivity contribution in [3.05, 3.63) is 40.3 Å². The average Bonchev–Trinajstić information content (AvgIpc) is 2.96. The predicted octanol–water partition coefficient (Wildman–Crippen LogP) is 3.55. The Balaban J connectivity index is 1.52. The third-order valence-electron chi connectivity index (χ3n) is 5.08. The van der Waals surface area contributed by atoms with Gasteiger partial charge in [-0.25, -0.2) is 4.98 Å². The smallest absolute Gasteiger partial charge is 0.253 e. The molecule has 7 heteroatoms.